The highest BCUT2D eigenvalue weighted by molar-refractivity contribution is 7.17. The van der Waals surface area contributed by atoms with Crippen molar-refractivity contribution >= 4 is 33.4 Å². The average molecular weight is 399 g/mol. The van der Waals surface area contributed by atoms with E-state index in [4.69, 9.17) is 9.47 Å². The van der Waals surface area contributed by atoms with E-state index in [1.165, 1.54) is 0 Å². The first-order valence-corrected chi connectivity index (χ1v) is 10.0. The van der Waals surface area contributed by atoms with Crippen molar-refractivity contribution in [1.82, 2.24) is 14.9 Å². The van der Waals surface area contributed by atoms with Crippen molar-refractivity contribution in [1.29, 1.82) is 0 Å². The molecule has 1 aliphatic heterocycles. The first-order chi connectivity index (χ1) is 13.6. The molecule has 0 bridgehead atoms. The van der Waals surface area contributed by atoms with Gasteiger partial charge in [0.15, 0.2) is 0 Å². The number of nitrogens with zero attached hydrogens (tertiary/aromatic N) is 2. The van der Waals surface area contributed by atoms with Crippen molar-refractivity contribution in [3.8, 4) is 0 Å². The molecule has 28 heavy (non-hydrogen) atoms. The number of esters is 1. The largest absolute Gasteiger partial charge is 0.443 e. The Balaban J connectivity index is 1.52. The third-order valence-electron chi connectivity index (χ3n) is 4.87. The number of aryl methyl sites for hydroxylation is 1. The van der Waals surface area contributed by atoms with Crippen LogP contribution in [0.2, 0.25) is 0 Å². The van der Waals surface area contributed by atoms with Crippen molar-refractivity contribution in [3.63, 3.8) is 0 Å². The second-order valence-electron chi connectivity index (χ2n) is 6.70. The minimum Gasteiger partial charge on any atom is -0.443 e. The van der Waals surface area contributed by atoms with Crippen LogP contribution in [0.5, 0.6) is 0 Å². The number of aromatic nitrogens is 2. The summed E-state index contributed by atoms with van der Waals surface area (Å²) in [5, 5.41) is 4.82. The molecule has 1 N–H and O–H groups in total. The maximum absolute atomic E-state index is 12.8. The lowest BCUT2D eigenvalue weighted by atomic mass is 10.1. The standard InChI is InChI=1S/C20H21N3O4S/c1-23-15-6-10-28-17(15)11-16(23)20(25)27-18(13-4-7-21-8-5-13)19(24)22-12-14-3-2-9-26-14/h4-8,10-11,14,18H,2-3,9,12H2,1H3,(H,22,24)/t14-,18-/m0/s1. The molecular weight excluding hydrogens is 378 g/mol. The quantitative estimate of drug-likeness (QED) is 0.645. The number of pyridine rings is 1. The van der Waals surface area contributed by atoms with Gasteiger partial charge in [0.2, 0.25) is 6.10 Å². The Morgan fingerprint density at radius 3 is 2.93 bits per heavy atom. The Kier molecular flexibility index (Phi) is 5.40. The molecule has 7 nitrogen and oxygen atoms in total. The van der Waals surface area contributed by atoms with E-state index in [1.54, 1.807) is 46.5 Å². The Bertz CT molecular complexity index is 976. The van der Waals surface area contributed by atoms with Gasteiger partial charge in [0, 0.05) is 38.2 Å². The minimum atomic E-state index is -1.05. The number of thiophene rings is 1. The van der Waals surface area contributed by atoms with E-state index in [0.29, 0.717) is 24.4 Å². The highest BCUT2D eigenvalue weighted by atomic mass is 32.1. The smallest absolute Gasteiger partial charge is 0.356 e. The first kappa shape index (κ1) is 18.6. The van der Waals surface area contributed by atoms with Gasteiger partial charge in [-0.25, -0.2) is 4.79 Å². The van der Waals surface area contributed by atoms with Crippen LogP contribution in [0.3, 0.4) is 0 Å². The number of nitrogens with one attached hydrogen (secondary N) is 1. The summed E-state index contributed by atoms with van der Waals surface area (Å²) in [5.41, 5.74) is 1.94. The van der Waals surface area contributed by atoms with Crippen LogP contribution in [-0.2, 0) is 21.3 Å². The first-order valence-electron chi connectivity index (χ1n) is 9.16. The second-order valence-corrected chi connectivity index (χ2v) is 7.65. The zero-order chi connectivity index (χ0) is 19.5. The van der Waals surface area contributed by atoms with Crippen molar-refractivity contribution in [2.24, 2.45) is 7.05 Å². The molecule has 1 saturated heterocycles. The summed E-state index contributed by atoms with van der Waals surface area (Å²) in [7, 11) is 1.81. The summed E-state index contributed by atoms with van der Waals surface area (Å²) in [4.78, 5) is 29.6. The Morgan fingerprint density at radius 1 is 1.39 bits per heavy atom. The lowest BCUT2D eigenvalue weighted by Crippen LogP contribution is -2.37. The fourth-order valence-corrected chi connectivity index (χ4v) is 4.19. The number of carbonyl (C=O) groups is 2. The molecule has 3 aromatic rings. The number of hydrogen-bond donors (Lipinski definition) is 1. The lowest BCUT2D eigenvalue weighted by molar-refractivity contribution is -0.130. The van der Waals surface area contributed by atoms with Gasteiger partial charge in [-0.1, -0.05) is 0 Å². The SMILES string of the molecule is Cn1c(C(=O)O[C@H](C(=O)NC[C@@H]2CCCO2)c2ccncc2)cc2sccc21. The van der Waals surface area contributed by atoms with E-state index in [0.717, 1.165) is 23.1 Å². The molecule has 8 heteroatoms. The molecule has 0 aliphatic carbocycles. The summed E-state index contributed by atoms with van der Waals surface area (Å²) in [6, 6.07) is 7.09. The van der Waals surface area contributed by atoms with Gasteiger partial charge in [-0.2, -0.15) is 0 Å². The molecule has 0 saturated carbocycles. The van der Waals surface area contributed by atoms with Gasteiger partial charge in [0.1, 0.15) is 5.69 Å². The van der Waals surface area contributed by atoms with Gasteiger partial charge in [-0.05, 0) is 42.5 Å². The zero-order valence-corrected chi connectivity index (χ0v) is 16.3. The van der Waals surface area contributed by atoms with Crippen LogP contribution in [0.15, 0.2) is 42.0 Å². The summed E-state index contributed by atoms with van der Waals surface area (Å²) < 4.78 is 14.0. The van der Waals surface area contributed by atoms with Gasteiger partial charge >= 0.3 is 5.97 Å². The molecule has 0 radical (unpaired) electrons. The number of rotatable bonds is 6. The van der Waals surface area contributed by atoms with Crippen LogP contribution >= 0.6 is 11.3 Å². The molecular formula is C20H21N3O4S. The molecule has 4 rings (SSSR count). The monoisotopic (exact) mass is 399 g/mol. The molecule has 1 amide bonds. The van der Waals surface area contributed by atoms with Gasteiger partial charge < -0.3 is 19.4 Å². The van der Waals surface area contributed by atoms with Crippen molar-refractivity contribution < 1.29 is 19.1 Å². The molecule has 2 atom stereocenters. The van der Waals surface area contributed by atoms with E-state index in [1.807, 2.05) is 18.5 Å². The van der Waals surface area contributed by atoms with Crippen LogP contribution in [0.4, 0.5) is 0 Å². The van der Waals surface area contributed by atoms with Crippen LogP contribution in [-0.4, -0.2) is 40.7 Å². The average Bonchev–Trinajstić information content (AvgIpc) is 3.44. The van der Waals surface area contributed by atoms with E-state index < -0.39 is 12.1 Å². The summed E-state index contributed by atoms with van der Waals surface area (Å²) in [6.07, 6.45) is 4.01. The third-order valence-corrected chi connectivity index (χ3v) is 5.73. The van der Waals surface area contributed by atoms with E-state index >= 15 is 0 Å². The number of fused-ring (bicyclic) bond motifs is 1. The molecule has 0 aromatic carbocycles. The Morgan fingerprint density at radius 2 is 2.21 bits per heavy atom. The van der Waals surface area contributed by atoms with Crippen molar-refractivity contribution in [2.75, 3.05) is 13.2 Å². The van der Waals surface area contributed by atoms with Crippen molar-refractivity contribution in [2.45, 2.75) is 25.0 Å². The number of hydrogen-bond acceptors (Lipinski definition) is 6. The highest BCUT2D eigenvalue weighted by Gasteiger charge is 2.28. The van der Waals surface area contributed by atoms with E-state index in [2.05, 4.69) is 10.3 Å². The van der Waals surface area contributed by atoms with Gasteiger partial charge in [-0.15, -0.1) is 11.3 Å². The van der Waals surface area contributed by atoms with Crippen molar-refractivity contribution in [3.05, 3.63) is 53.3 Å². The Hall–Kier alpha value is -2.71. The molecule has 1 aliphatic rings. The number of carbonyl (C=O) groups excluding carboxylic acids is 2. The molecule has 4 heterocycles. The Labute approximate surface area is 166 Å². The second kappa shape index (κ2) is 8.12. The van der Waals surface area contributed by atoms with Crippen LogP contribution in [0.25, 0.3) is 10.2 Å². The topological polar surface area (TPSA) is 82.5 Å². The summed E-state index contributed by atoms with van der Waals surface area (Å²) >= 11 is 1.55. The lowest BCUT2D eigenvalue weighted by Gasteiger charge is -2.19. The molecule has 1 fully saturated rings. The van der Waals surface area contributed by atoms with Crippen LogP contribution < -0.4 is 5.32 Å². The molecule has 3 aromatic heterocycles. The fraction of sp³-hybridized carbons (Fsp3) is 0.350. The van der Waals surface area contributed by atoms with Gasteiger partial charge in [-0.3, -0.25) is 9.78 Å². The maximum atomic E-state index is 12.8. The molecule has 0 spiro atoms. The van der Waals surface area contributed by atoms with E-state index in [-0.39, 0.29) is 12.0 Å². The molecule has 0 unspecified atom stereocenters. The normalized spacial score (nSPS) is 17.5. The predicted molar refractivity (Wildman–Crippen MR) is 105 cm³/mol. The number of amides is 1. The van der Waals surface area contributed by atoms with E-state index in [9.17, 15) is 9.59 Å². The maximum Gasteiger partial charge on any atom is 0.356 e. The summed E-state index contributed by atoms with van der Waals surface area (Å²) in [6.45, 7) is 1.12. The third kappa shape index (κ3) is 3.79. The van der Waals surface area contributed by atoms with Crippen LogP contribution in [0.1, 0.15) is 35.0 Å². The van der Waals surface area contributed by atoms with Gasteiger partial charge in [0.25, 0.3) is 5.91 Å². The fourth-order valence-electron chi connectivity index (χ4n) is 3.34. The predicted octanol–water partition coefficient (Wildman–Crippen LogP) is 2.83. The van der Waals surface area contributed by atoms with Gasteiger partial charge in [0.05, 0.1) is 16.3 Å². The molecule has 146 valence electrons. The number of ether oxygens (including phenoxy) is 2. The highest BCUT2D eigenvalue weighted by Crippen LogP contribution is 2.26. The summed E-state index contributed by atoms with van der Waals surface area (Å²) in [5.74, 6) is -0.911. The van der Waals surface area contributed by atoms with Crippen LogP contribution in [0, 0.1) is 0 Å². The minimum absolute atomic E-state index is 0.0115. The zero-order valence-electron chi connectivity index (χ0n) is 15.5.